The van der Waals surface area contributed by atoms with E-state index in [9.17, 15) is 9.90 Å². The number of likely N-dealkylation sites (tertiary alicyclic amines) is 1. The predicted octanol–water partition coefficient (Wildman–Crippen LogP) is 4.09. The maximum Gasteiger partial charge on any atom is 0.321 e. The number of pyridine rings is 1. The number of hydrogen-bond donors (Lipinski definition) is 3. The minimum atomic E-state index is -0.259. The predicted molar refractivity (Wildman–Crippen MR) is 139 cm³/mol. The Morgan fingerprint density at radius 1 is 1.20 bits per heavy atom. The molecular weight excluding hydrogens is 442 g/mol. The molecule has 1 saturated carbocycles. The number of hydrogen-bond acceptors (Lipinski definition) is 6. The number of carbonyl (C=O) groups excluding carboxylic acids is 1. The summed E-state index contributed by atoms with van der Waals surface area (Å²) in [5.41, 5.74) is 3.76. The number of benzene rings is 1. The van der Waals surface area contributed by atoms with Crippen LogP contribution in [0.1, 0.15) is 38.2 Å². The Hall–Kier alpha value is -2.84. The molecule has 1 aromatic carbocycles. The number of carbonyl (C=O) groups is 1. The highest BCUT2D eigenvalue weighted by Crippen LogP contribution is 2.39. The number of ether oxygens (including phenoxy) is 1. The van der Waals surface area contributed by atoms with Crippen molar-refractivity contribution in [1.82, 2.24) is 9.88 Å². The van der Waals surface area contributed by atoms with E-state index >= 15 is 0 Å². The molecule has 1 aliphatic carbocycles. The number of anilines is 3. The van der Waals surface area contributed by atoms with Crippen molar-refractivity contribution >= 4 is 23.4 Å². The monoisotopic (exact) mass is 479 g/mol. The van der Waals surface area contributed by atoms with Crippen LogP contribution in [-0.4, -0.2) is 72.6 Å². The number of aromatic nitrogens is 1. The molecule has 8 nitrogen and oxygen atoms in total. The summed E-state index contributed by atoms with van der Waals surface area (Å²) in [6, 6.07) is 10.2. The van der Waals surface area contributed by atoms with Gasteiger partial charge in [0.15, 0.2) is 0 Å². The fourth-order valence-corrected chi connectivity index (χ4v) is 5.00. The maximum absolute atomic E-state index is 12.9. The van der Waals surface area contributed by atoms with Crippen LogP contribution < -0.4 is 15.5 Å². The van der Waals surface area contributed by atoms with Gasteiger partial charge in [0.05, 0.1) is 25.4 Å². The van der Waals surface area contributed by atoms with E-state index in [-0.39, 0.29) is 18.2 Å². The van der Waals surface area contributed by atoms with Gasteiger partial charge in [-0.3, -0.25) is 0 Å². The molecule has 3 aliphatic rings. The number of amides is 2. The van der Waals surface area contributed by atoms with Gasteiger partial charge in [0.2, 0.25) is 0 Å². The first-order chi connectivity index (χ1) is 17.0. The smallest absolute Gasteiger partial charge is 0.321 e. The lowest BCUT2D eigenvalue weighted by molar-refractivity contribution is 0.122. The van der Waals surface area contributed by atoms with Crippen LogP contribution in [0.2, 0.25) is 0 Å². The molecule has 2 amide bonds. The number of aryl methyl sites for hydroxylation is 1. The van der Waals surface area contributed by atoms with Gasteiger partial charge in [0, 0.05) is 31.9 Å². The van der Waals surface area contributed by atoms with E-state index in [0.29, 0.717) is 19.1 Å². The Balaban J connectivity index is 1.43. The third kappa shape index (κ3) is 5.38. The number of nitrogens with zero attached hydrogens (tertiary/aromatic N) is 3. The van der Waals surface area contributed by atoms with Crippen LogP contribution in [0.15, 0.2) is 30.3 Å². The lowest BCUT2D eigenvalue weighted by Gasteiger charge is -2.29. The number of morpholine rings is 1. The molecule has 0 spiro atoms. The molecule has 2 aliphatic heterocycles. The average Bonchev–Trinajstić information content (AvgIpc) is 3.48. The van der Waals surface area contributed by atoms with Gasteiger partial charge in [-0.05, 0) is 73.1 Å². The van der Waals surface area contributed by atoms with Crippen LogP contribution in [0.5, 0.6) is 0 Å². The lowest BCUT2D eigenvalue weighted by Crippen LogP contribution is -2.37. The van der Waals surface area contributed by atoms with Crippen LogP contribution in [0.3, 0.4) is 0 Å². The molecular formula is C27H37N5O3. The minimum Gasteiger partial charge on any atom is -0.394 e. The Morgan fingerprint density at radius 2 is 2.00 bits per heavy atom. The zero-order valence-electron chi connectivity index (χ0n) is 20.8. The first-order valence-electron chi connectivity index (χ1n) is 12.9. The zero-order chi connectivity index (χ0) is 24.4. The molecule has 5 rings (SSSR count). The largest absolute Gasteiger partial charge is 0.394 e. The van der Waals surface area contributed by atoms with Crippen molar-refractivity contribution in [2.45, 2.75) is 45.1 Å². The van der Waals surface area contributed by atoms with Crippen LogP contribution in [0, 0.1) is 12.8 Å². The third-order valence-corrected chi connectivity index (χ3v) is 7.65. The van der Waals surface area contributed by atoms with Gasteiger partial charge in [0.25, 0.3) is 0 Å². The maximum atomic E-state index is 12.9. The van der Waals surface area contributed by atoms with Crippen molar-refractivity contribution in [1.29, 1.82) is 0 Å². The first-order valence-corrected chi connectivity index (χ1v) is 12.9. The summed E-state index contributed by atoms with van der Waals surface area (Å²) in [5, 5.41) is 16.4. The molecule has 1 aromatic heterocycles. The van der Waals surface area contributed by atoms with Crippen molar-refractivity contribution in [3.05, 3.63) is 35.9 Å². The van der Waals surface area contributed by atoms with Crippen LogP contribution in [-0.2, 0) is 4.74 Å². The fraction of sp³-hybridized carbons (Fsp3) is 0.556. The van der Waals surface area contributed by atoms with Gasteiger partial charge in [0.1, 0.15) is 11.6 Å². The number of nitrogens with one attached hydrogen (secondary N) is 2. The molecule has 35 heavy (non-hydrogen) atoms. The molecule has 3 fully saturated rings. The highest BCUT2D eigenvalue weighted by molar-refractivity contribution is 5.91. The molecule has 0 bridgehead atoms. The summed E-state index contributed by atoms with van der Waals surface area (Å²) in [6.07, 6.45) is 4.08. The van der Waals surface area contributed by atoms with Crippen LogP contribution >= 0.6 is 0 Å². The molecule has 2 saturated heterocycles. The third-order valence-electron chi connectivity index (χ3n) is 7.65. The molecule has 188 valence electrons. The summed E-state index contributed by atoms with van der Waals surface area (Å²) in [4.78, 5) is 21.9. The average molecular weight is 480 g/mol. The van der Waals surface area contributed by atoms with E-state index in [2.05, 4.69) is 53.6 Å². The number of urea groups is 1. The molecule has 8 heteroatoms. The van der Waals surface area contributed by atoms with E-state index in [4.69, 9.17) is 9.72 Å². The van der Waals surface area contributed by atoms with Crippen molar-refractivity contribution in [2.75, 3.05) is 61.5 Å². The summed E-state index contributed by atoms with van der Waals surface area (Å²) in [7, 11) is 0. The van der Waals surface area contributed by atoms with E-state index in [1.807, 2.05) is 11.0 Å². The normalized spacial score (nSPS) is 21.2. The van der Waals surface area contributed by atoms with Crippen molar-refractivity contribution in [2.24, 2.45) is 5.92 Å². The fourth-order valence-electron chi connectivity index (χ4n) is 5.00. The second-order valence-corrected chi connectivity index (χ2v) is 10.2. The van der Waals surface area contributed by atoms with E-state index in [1.54, 1.807) is 0 Å². The number of aliphatic hydroxyl groups is 1. The standard InChI is InChI=1S/C27H37N5O3/c1-3-20-6-9-32(17-20)26(34)28-22-5-4-19(2)23(16-22)21-14-24(30-27(18-33)7-8-27)29-25(15-21)31-10-12-35-13-11-31/h4-5,14-16,20,33H,3,6-13,17-18H2,1-2H3,(H,28,34)(H,29,30)/t20-/m1/s1. The molecule has 2 aromatic rings. The summed E-state index contributed by atoms with van der Waals surface area (Å²) >= 11 is 0. The van der Waals surface area contributed by atoms with Crippen molar-refractivity contribution in [3.8, 4) is 11.1 Å². The number of aliphatic hydroxyl groups excluding tert-OH is 1. The molecule has 1 atom stereocenters. The SMILES string of the molecule is CC[C@@H]1CCN(C(=O)Nc2ccc(C)c(-c3cc(NC4(CO)CC4)nc(N4CCOCC4)c3)c2)C1. The molecule has 0 unspecified atom stereocenters. The minimum absolute atomic E-state index is 0.0273. The van der Waals surface area contributed by atoms with Gasteiger partial charge in [-0.15, -0.1) is 0 Å². The van der Waals surface area contributed by atoms with Gasteiger partial charge < -0.3 is 30.3 Å². The Labute approximate surface area is 207 Å². The molecule has 3 N–H and O–H groups in total. The van der Waals surface area contributed by atoms with Crippen LogP contribution in [0.25, 0.3) is 11.1 Å². The first kappa shape index (κ1) is 23.9. The Bertz CT molecular complexity index is 1060. The Morgan fingerprint density at radius 3 is 2.69 bits per heavy atom. The second-order valence-electron chi connectivity index (χ2n) is 10.2. The lowest BCUT2D eigenvalue weighted by atomic mass is 10.00. The van der Waals surface area contributed by atoms with E-state index < -0.39 is 0 Å². The highest BCUT2D eigenvalue weighted by atomic mass is 16.5. The van der Waals surface area contributed by atoms with Crippen molar-refractivity contribution < 1.29 is 14.6 Å². The summed E-state index contributed by atoms with van der Waals surface area (Å²) in [6.45, 7) is 8.99. The van der Waals surface area contributed by atoms with Crippen molar-refractivity contribution in [3.63, 3.8) is 0 Å². The van der Waals surface area contributed by atoms with Gasteiger partial charge in [-0.25, -0.2) is 9.78 Å². The van der Waals surface area contributed by atoms with Crippen LogP contribution in [0.4, 0.5) is 22.1 Å². The molecule has 0 radical (unpaired) electrons. The van der Waals surface area contributed by atoms with E-state index in [0.717, 1.165) is 85.9 Å². The van der Waals surface area contributed by atoms with Gasteiger partial charge in [-0.1, -0.05) is 19.4 Å². The highest BCUT2D eigenvalue weighted by Gasteiger charge is 2.42. The van der Waals surface area contributed by atoms with Gasteiger partial charge in [-0.2, -0.15) is 0 Å². The van der Waals surface area contributed by atoms with Gasteiger partial charge >= 0.3 is 6.03 Å². The molecule has 3 heterocycles. The van der Waals surface area contributed by atoms with E-state index in [1.165, 1.54) is 0 Å². The topological polar surface area (TPSA) is 90.0 Å². The Kier molecular flexibility index (Phi) is 6.84. The second kappa shape index (κ2) is 10.0. The quantitative estimate of drug-likeness (QED) is 0.554. The zero-order valence-corrected chi connectivity index (χ0v) is 20.8. The summed E-state index contributed by atoms with van der Waals surface area (Å²) in [5.74, 6) is 2.27. The summed E-state index contributed by atoms with van der Waals surface area (Å²) < 4.78 is 5.54. The number of rotatable bonds is 7.